The highest BCUT2D eigenvalue weighted by Crippen LogP contribution is 2.23. The van der Waals surface area contributed by atoms with Gasteiger partial charge in [0.25, 0.3) is 0 Å². The molecule has 0 radical (unpaired) electrons. The lowest BCUT2D eigenvalue weighted by Gasteiger charge is -2.36. The summed E-state index contributed by atoms with van der Waals surface area (Å²) < 4.78 is 5.24. The van der Waals surface area contributed by atoms with Crippen LogP contribution in [0, 0.1) is 0 Å². The summed E-state index contributed by atoms with van der Waals surface area (Å²) in [6, 6.07) is 20.3. The number of nitrogens with one attached hydrogen (secondary N) is 1. The van der Waals surface area contributed by atoms with E-state index in [1.54, 1.807) is 13.4 Å². The van der Waals surface area contributed by atoms with Gasteiger partial charge in [-0.15, -0.1) is 0 Å². The van der Waals surface area contributed by atoms with Crippen LogP contribution in [-0.2, 0) is 0 Å². The standard InChI is InChI=1S/C21H23N5O/c1-27-19-9-7-18(8-10-19)25-11-13-26(14-12-25)21-15-20(22-16-23-21)24-17-5-3-2-4-6-17/h2-10,15-16H,11-14H2,1H3,(H,22,23,24). The van der Waals surface area contributed by atoms with Crippen LogP contribution in [0.3, 0.4) is 0 Å². The normalized spacial score (nSPS) is 14.1. The van der Waals surface area contributed by atoms with E-state index >= 15 is 0 Å². The van der Waals surface area contributed by atoms with E-state index in [0.717, 1.165) is 49.3 Å². The Morgan fingerprint density at radius 1 is 0.852 bits per heavy atom. The number of benzene rings is 2. The number of rotatable bonds is 5. The molecule has 0 bridgehead atoms. The molecule has 1 aromatic heterocycles. The average molecular weight is 361 g/mol. The summed E-state index contributed by atoms with van der Waals surface area (Å²) in [6.45, 7) is 3.76. The molecule has 1 saturated heterocycles. The molecule has 3 aromatic rings. The van der Waals surface area contributed by atoms with E-state index in [4.69, 9.17) is 4.74 Å². The smallest absolute Gasteiger partial charge is 0.135 e. The maximum absolute atomic E-state index is 5.24. The molecular formula is C21H23N5O. The van der Waals surface area contributed by atoms with Crippen molar-refractivity contribution in [3.8, 4) is 5.75 Å². The SMILES string of the molecule is COc1ccc(N2CCN(c3cc(Nc4ccccc4)ncn3)CC2)cc1. The zero-order valence-corrected chi connectivity index (χ0v) is 15.4. The van der Waals surface area contributed by atoms with Crippen LogP contribution in [0.25, 0.3) is 0 Å². The monoisotopic (exact) mass is 361 g/mol. The van der Waals surface area contributed by atoms with Gasteiger partial charge in [0.2, 0.25) is 0 Å². The number of anilines is 4. The highest BCUT2D eigenvalue weighted by molar-refractivity contribution is 5.59. The molecule has 1 aliphatic rings. The topological polar surface area (TPSA) is 53.5 Å². The molecule has 6 heteroatoms. The highest BCUT2D eigenvalue weighted by Gasteiger charge is 2.19. The van der Waals surface area contributed by atoms with Gasteiger partial charge in [-0.25, -0.2) is 9.97 Å². The third-order valence-corrected chi connectivity index (χ3v) is 4.74. The number of nitrogens with zero attached hydrogens (tertiary/aromatic N) is 4. The zero-order valence-electron chi connectivity index (χ0n) is 15.4. The number of methoxy groups -OCH3 is 1. The third kappa shape index (κ3) is 4.11. The lowest BCUT2D eigenvalue weighted by atomic mass is 10.2. The molecule has 4 rings (SSSR count). The minimum absolute atomic E-state index is 0.809. The Morgan fingerprint density at radius 3 is 2.26 bits per heavy atom. The molecule has 1 N–H and O–H groups in total. The van der Waals surface area contributed by atoms with Crippen LogP contribution >= 0.6 is 0 Å². The van der Waals surface area contributed by atoms with Gasteiger partial charge >= 0.3 is 0 Å². The van der Waals surface area contributed by atoms with E-state index in [2.05, 4.69) is 37.2 Å². The second kappa shape index (κ2) is 7.95. The molecule has 6 nitrogen and oxygen atoms in total. The number of ether oxygens (including phenoxy) is 1. The zero-order chi connectivity index (χ0) is 18.5. The van der Waals surface area contributed by atoms with Gasteiger partial charge in [0.15, 0.2) is 0 Å². The Labute approximate surface area is 159 Å². The van der Waals surface area contributed by atoms with Gasteiger partial charge in [0.05, 0.1) is 7.11 Å². The molecule has 27 heavy (non-hydrogen) atoms. The summed E-state index contributed by atoms with van der Waals surface area (Å²) in [4.78, 5) is 13.5. The summed E-state index contributed by atoms with van der Waals surface area (Å²) in [7, 11) is 1.69. The van der Waals surface area contributed by atoms with E-state index in [0.29, 0.717) is 0 Å². The van der Waals surface area contributed by atoms with Crippen molar-refractivity contribution < 1.29 is 4.74 Å². The van der Waals surface area contributed by atoms with Crippen molar-refractivity contribution in [3.63, 3.8) is 0 Å². The minimum Gasteiger partial charge on any atom is -0.497 e. The number of para-hydroxylation sites is 1. The van der Waals surface area contributed by atoms with E-state index in [9.17, 15) is 0 Å². The quantitative estimate of drug-likeness (QED) is 0.750. The van der Waals surface area contributed by atoms with Gasteiger partial charge in [0.1, 0.15) is 23.7 Å². The fourth-order valence-electron chi connectivity index (χ4n) is 3.24. The first kappa shape index (κ1) is 17.1. The largest absolute Gasteiger partial charge is 0.497 e. The molecule has 1 fully saturated rings. The predicted octanol–water partition coefficient (Wildman–Crippen LogP) is 3.56. The molecule has 0 atom stereocenters. The summed E-state index contributed by atoms with van der Waals surface area (Å²) >= 11 is 0. The van der Waals surface area contributed by atoms with E-state index < -0.39 is 0 Å². The minimum atomic E-state index is 0.809. The molecule has 0 amide bonds. The second-order valence-corrected chi connectivity index (χ2v) is 6.42. The first-order valence-corrected chi connectivity index (χ1v) is 9.10. The Morgan fingerprint density at radius 2 is 1.56 bits per heavy atom. The molecule has 0 aliphatic carbocycles. The summed E-state index contributed by atoms with van der Waals surface area (Å²) in [6.07, 6.45) is 1.62. The van der Waals surface area contributed by atoms with Crippen molar-refractivity contribution in [1.29, 1.82) is 0 Å². The molecule has 0 saturated carbocycles. The molecule has 0 spiro atoms. The van der Waals surface area contributed by atoms with Crippen LogP contribution in [0.15, 0.2) is 67.0 Å². The lowest BCUT2D eigenvalue weighted by Crippen LogP contribution is -2.46. The van der Waals surface area contributed by atoms with Crippen molar-refractivity contribution >= 4 is 23.0 Å². The van der Waals surface area contributed by atoms with Crippen LogP contribution in [0.4, 0.5) is 23.0 Å². The van der Waals surface area contributed by atoms with Gasteiger partial charge in [0, 0.05) is 43.6 Å². The maximum atomic E-state index is 5.24. The molecule has 0 unspecified atom stereocenters. The second-order valence-electron chi connectivity index (χ2n) is 6.42. The van der Waals surface area contributed by atoms with Crippen molar-refractivity contribution in [2.75, 3.05) is 48.4 Å². The number of piperazine rings is 1. The fourth-order valence-corrected chi connectivity index (χ4v) is 3.24. The Balaban J connectivity index is 1.39. The van der Waals surface area contributed by atoms with Crippen molar-refractivity contribution in [2.45, 2.75) is 0 Å². The van der Waals surface area contributed by atoms with Crippen LogP contribution in [0.1, 0.15) is 0 Å². The van der Waals surface area contributed by atoms with Gasteiger partial charge in [-0.1, -0.05) is 18.2 Å². The van der Waals surface area contributed by atoms with E-state index in [1.165, 1.54) is 5.69 Å². The Bertz CT molecular complexity index is 861. The Kier molecular flexibility index (Phi) is 5.05. The number of aromatic nitrogens is 2. The fraction of sp³-hybridized carbons (Fsp3) is 0.238. The third-order valence-electron chi connectivity index (χ3n) is 4.74. The van der Waals surface area contributed by atoms with Gasteiger partial charge in [-0.05, 0) is 36.4 Å². The molecular weight excluding hydrogens is 338 g/mol. The van der Waals surface area contributed by atoms with Crippen molar-refractivity contribution in [1.82, 2.24) is 9.97 Å². The predicted molar refractivity (Wildman–Crippen MR) is 109 cm³/mol. The number of hydrogen-bond acceptors (Lipinski definition) is 6. The highest BCUT2D eigenvalue weighted by atomic mass is 16.5. The molecule has 1 aliphatic heterocycles. The lowest BCUT2D eigenvalue weighted by molar-refractivity contribution is 0.415. The van der Waals surface area contributed by atoms with Crippen LogP contribution in [-0.4, -0.2) is 43.3 Å². The maximum Gasteiger partial charge on any atom is 0.135 e. The van der Waals surface area contributed by atoms with Gasteiger partial charge < -0.3 is 19.9 Å². The van der Waals surface area contributed by atoms with Crippen molar-refractivity contribution in [2.24, 2.45) is 0 Å². The van der Waals surface area contributed by atoms with Crippen LogP contribution < -0.4 is 19.9 Å². The van der Waals surface area contributed by atoms with E-state index in [-0.39, 0.29) is 0 Å². The van der Waals surface area contributed by atoms with Crippen LogP contribution in [0.2, 0.25) is 0 Å². The van der Waals surface area contributed by atoms with E-state index in [1.807, 2.05) is 48.5 Å². The average Bonchev–Trinajstić information content (AvgIpc) is 2.75. The first-order valence-electron chi connectivity index (χ1n) is 9.10. The van der Waals surface area contributed by atoms with Crippen molar-refractivity contribution in [3.05, 3.63) is 67.0 Å². The van der Waals surface area contributed by atoms with Crippen LogP contribution in [0.5, 0.6) is 5.75 Å². The summed E-state index contributed by atoms with van der Waals surface area (Å²) in [5, 5.41) is 3.33. The molecule has 138 valence electrons. The molecule has 2 aromatic carbocycles. The van der Waals surface area contributed by atoms with Gasteiger partial charge in [-0.3, -0.25) is 0 Å². The Hall–Kier alpha value is -3.28. The summed E-state index contributed by atoms with van der Waals surface area (Å²) in [5.41, 5.74) is 2.25. The molecule has 2 heterocycles. The summed E-state index contributed by atoms with van der Waals surface area (Å²) in [5.74, 6) is 2.65. The number of hydrogen-bond donors (Lipinski definition) is 1. The first-order chi connectivity index (χ1) is 13.3. The van der Waals surface area contributed by atoms with Gasteiger partial charge in [-0.2, -0.15) is 0 Å².